The Morgan fingerprint density at radius 2 is 2.00 bits per heavy atom. The second-order valence-electron chi connectivity index (χ2n) is 5.54. The number of hydrogen-bond donors (Lipinski definition) is 2. The fourth-order valence-electron chi connectivity index (χ4n) is 2.33. The molecule has 9 nitrogen and oxygen atoms in total. The number of carbonyl (C=O) groups excluding carboxylic acids is 1. The highest BCUT2D eigenvalue weighted by atomic mass is 32.2. The highest BCUT2D eigenvalue weighted by Crippen LogP contribution is 2.18. The Kier molecular flexibility index (Phi) is 5.57. The van der Waals surface area contributed by atoms with Gasteiger partial charge in [-0.3, -0.25) is 10.00 Å². The van der Waals surface area contributed by atoms with Crippen LogP contribution in [0.5, 0.6) is 0 Å². The van der Waals surface area contributed by atoms with E-state index in [1.807, 2.05) is 12.3 Å². The molecule has 0 bridgehead atoms. The van der Waals surface area contributed by atoms with Gasteiger partial charge in [0.15, 0.2) is 0 Å². The van der Waals surface area contributed by atoms with E-state index in [4.69, 9.17) is 4.42 Å². The van der Waals surface area contributed by atoms with Crippen LogP contribution in [-0.2, 0) is 21.3 Å². The molecular formula is C17H18N4O5S. The molecule has 3 aromatic rings. The van der Waals surface area contributed by atoms with E-state index in [0.29, 0.717) is 12.2 Å². The number of benzene rings is 1. The van der Waals surface area contributed by atoms with Gasteiger partial charge in [-0.2, -0.15) is 5.10 Å². The number of rotatable bonds is 7. The van der Waals surface area contributed by atoms with Crippen molar-refractivity contribution >= 4 is 21.8 Å². The molecule has 0 spiro atoms. The van der Waals surface area contributed by atoms with Crippen LogP contribution in [0.15, 0.2) is 64.6 Å². The van der Waals surface area contributed by atoms with Crippen molar-refractivity contribution in [1.29, 1.82) is 0 Å². The van der Waals surface area contributed by atoms with Crippen LogP contribution in [0, 0.1) is 0 Å². The third kappa shape index (κ3) is 4.74. The lowest BCUT2D eigenvalue weighted by molar-refractivity contribution is 0.187. The highest BCUT2D eigenvalue weighted by molar-refractivity contribution is 7.89. The van der Waals surface area contributed by atoms with Gasteiger partial charge in [-0.15, -0.1) is 0 Å². The molecule has 1 aromatic carbocycles. The summed E-state index contributed by atoms with van der Waals surface area (Å²) in [5.41, 5.74) is 2.23. The summed E-state index contributed by atoms with van der Waals surface area (Å²) in [5.74, 6) is 0. The molecular weight excluding hydrogens is 372 g/mol. The Labute approximate surface area is 156 Å². The van der Waals surface area contributed by atoms with E-state index in [0.717, 1.165) is 11.1 Å². The monoisotopic (exact) mass is 390 g/mol. The minimum absolute atomic E-state index is 0.0949. The molecule has 0 aliphatic carbocycles. The van der Waals surface area contributed by atoms with Crippen molar-refractivity contribution in [3.63, 3.8) is 0 Å². The molecule has 0 saturated heterocycles. The van der Waals surface area contributed by atoms with Gasteiger partial charge in [-0.05, 0) is 30.3 Å². The third-order valence-electron chi connectivity index (χ3n) is 3.72. The zero-order chi connectivity index (χ0) is 19.3. The number of sulfonamides is 1. The van der Waals surface area contributed by atoms with Crippen LogP contribution in [0.3, 0.4) is 0 Å². The van der Waals surface area contributed by atoms with Crippen molar-refractivity contribution in [3.05, 3.63) is 55.3 Å². The second kappa shape index (κ2) is 8.06. The van der Waals surface area contributed by atoms with Gasteiger partial charge in [0, 0.05) is 29.6 Å². The number of nitrogens with one attached hydrogen (secondary N) is 2. The number of carbonyl (C=O) groups is 1. The maximum atomic E-state index is 12.3. The van der Waals surface area contributed by atoms with Gasteiger partial charge >= 0.3 is 6.09 Å². The summed E-state index contributed by atoms with van der Waals surface area (Å²) in [7, 11) is -2.42. The molecule has 2 N–H and O–H groups in total. The summed E-state index contributed by atoms with van der Waals surface area (Å²) in [4.78, 5) is 11.2. The molecule has 0 aliphatic heterocycles. The first-order valence-corrected chi connectivity index (χ1v) is 9.46. The zero-order valence-electron chi connectivity index (χ0n) is 14.5. The Balaban J connectivity index is 1.56. The normalized spacial score (nSPS) is 11.3. The molecule has 0 unspecified atom stereocenters. The Morgan fingerprint density at radius 3 is 2.67 bits per heavy atom. The summed E-state index contributed by atoms with van der Waals surface area (Å²) in [6, 6.07) is 7.59. The van der Waals surface area contributed by atoms with Crippen molar-refractivity contribution in [2.24, 2.45) is 0 Å². The standard InChI is InChI=1S/C17H18N4O5S/c1-25-17(22)20-15-2-4-16(5-3-15)27(23,24)19-7-8-21-11-14(10-18-21)13-6-9-26-12-13/h2-6,9-12,19H,7-8H2,1H3,(H,20,22). The highest BCUT2D eigenvalue weighted by Gasteiger charge is 2.14. The van der Waals surface area contributed by atoms with E-state index < -0.39 is 16.1 Å². The molecule has 0 saturated carbocycles. The molecule has 10 heteroatoms. The molecule has 2 aromatic heterocycles. The Morgan fingerprint density at radius 1 is 1.22 bits per heavy atom. The minimum atomic E-state index is -3.67. The SMILES string of the molecule is COC(=O)Nc1ccc(S(=O)(=O)NCCn2cc(-c3ccoc3)cn2)cc1. The van der Waals surface area contributed by atoms with Crippen molar-refractivity contribution in [1.82, 2.24) is 14.5 Å². The lowest BCUT2D eigenvalue weighted by atomic mass is 10.2. The lowest BCUT2D eigenvalue weighted by Crippen LogP contribution is -2.27. The first-order valence-electron chi connectivity index (χ1n) is 7.98. The molecule has 3 rings (SSSR count). The number of anilines is 1. The quantitative estimate of drug-likeness (QED) is 0.640. The van der Waals surface area contributed by atoms with Gasteiger partial charge in [0.05, 0.1) is 37.3 Å². The van der Waals surface area contributed by atoms with Gasteiger partial charge in [0.1, 0.15) is 0 Å². The number of nitrogens with zero attached hydrogens (tertiary/aromatic N) is 2. The third-order valence-corrected chi connectivity index (χ3v) is 5.19. The fourth-order valence-corrected chi connectivity index (χ4v) is 3.35. The number of methoxy groups -OCH3 is 1. The van der Waals surface area contributed by atoms with Crippen LogP contribution in [0.4, 0.5) is 10.5 Å². The number of hydrogen-bond acceptors (Lipinski definition) is 6. The van der Waals surface area contributed by atoms with Gasteiger partial charge in [-0.1, -0.05) is 0 Å². The topological polar surface area (TPSA) is 115 Å². The second-order valence-corrected chi connectivity index (χ2v) is 7.31. The summed E-state index contributed by atoms with van der Waals surface area (Å²) in [5, 5.41) is 6.65. The van der Waals surface area contributed by atoms with E-state index in [-0.39, 0.29) is 11.4 Å². The number of furan rings is 1. The van der Waals surface area contributed by atoms with Gasteiger partial charge in [-0.25, -0.2) is 17.9 Å². The lowest BCUT2D eigenvalue weighted by Gasteiger charge is -2.08. The van der Waals surface area contributed by atoms with E-state index in [2.05, 4.69) is 19.9 Å². The van der Waals surface area contributed by atoms with Crippen molar-refractivity contribution < 1.29 is 22.4 Å². The average molecular weight is 390 g/mol. The summed E-state index contributed by atoms with van der Waals surface area (Å²) >= 11 is 0. The predicted molar refractivity (Wildman–Crippen MR) is 97.6 cm³/mol. The number of ether oxygens (including phenoxy) is 1. The van der Waals surface area contributed by atoms with Gasteiger partial charge in [0.2, 0.25) is 10.0 Å². The number of aromatic nitrogens is 2. The minimum Gasteiger partial charge on any atom is -0.472 e. The summed E-state index contributed by atoms with van der Waals surface area (Å²) in [6.07, 6.45) is 6.06. The Bertz CT molecular complexity index is 994. The molecule has 2 heterocycles. The number of amides is 1. The summed E-state index contributed by atoms with van der Waals surface area (Å²) in [6.45, 7) is 0.552. The average Bonchev–Trinajstić information content (AvgIpc) is 3.33. The Hall–Kier alpha value is -3.11. The molecule has 0 radical (unpaired) electrons. The van der Waals surface area contributed by atoms with Gasteiger partial charge in [0.25, 0.3) is 0 Å². The van der Waals surface area contributed by atoms with Crippen LogP contribution in [0.1, 0.15) is 0 Å². The zero-order valence-corrected chi connectivity index (χ0v) is 15.3. The first kappa shape index (κ1) is 18.7. The van der Waals surface area contributed by atoms with Crippen LogP contribution >= 0.6 is 0 Å². The van der Waals surface area contributed by atoms with Crippen molar-refractivity contribution in [2.45, 2.75) is 11.4 Å². The maximum Gasteiger partial charge on any atom is 0.411 e. The predicted octanol–water partition coefficient (Wildman–Crippen LogP) is 2.30. The summed E-state index contributed by atoms with van der Waals surface area (Å²) < 4.78 is 38.4. The van der Waals surface area contributed by atoms with E-state index >= 15 is 0 Å². The smallest absolute Gasteiger partial charge is 0.411 e. The fraction of sp³-hybridized carbons (Fsp3) is 0.176. The van der Waals surface area contributed by atoms with Crippen LogP contribution in [-0.4, -0.2) is 37.9 Å². The maximum absolute atomic E-state index is 12.3. The molecule has 0 fully saturated rings. The van der Waals surface area contributed by atoms with E-state index in [1.54, 1.807) is 23.4 Å². The van der Waals surface area contributed by atoms with Crippen LogP contribution in [0.25, 0.3) is 11.1 Å². The van der Waals surface area contributed by atoms with Crippen LogP contribution in [0.2, 0.25) is 0 Å². The van der Waals surface area contributed by atoms with E-state index in [9.17, 15) is 13.2 Å². The van der Waals surface area contributed by atoms with E-state index in [1.165, 1.54) is 31.4 Å². The van der Waals surface area contributed by atoms with Crippen molar-refractivity contribution in [2.75, 3.05) is 19.0 Å². The van der Waals surface area contributed by atoms with Gasteiger partial charge < -0.3 is 9.15 Å². The molecule has 27 heavy (non-hydrogen) atoms. The largest absolute Gasteiger partial charge is 0.472 e. The molecule has 1 amide bonds. The first-order chi connectivity index (χ1) is 13.0. The molecule has 142 valence electrons. The molecule has 0 aliphatic rings. The van der Waals surface area contributed by atoms with Crippen LogP contribution < -0.4 is 10.0 Å². The van der Waals surface area contributed by atoms with Crippen molar-refractivity contribution in [3.8, 4) is 11.1 Å². The molecule has 0 atom stereocenters.